The van der Waals surface area contributed by atoms with Crippen LogP contribution in [0.15, 0.2) is 54.6 Å². The van der Waals surface area contributed by atoms with Gasteiger partial charge >= 0.3 is 0 Å². The average molecular weight is 392 g/mol. The van der Waals surface area contributed by atoms with E-state index in [0.29, 0.717) is 17.3 Å². The number of nitro benzene ring substituents is 1. The monoisotopic (exact) mass is 392 g/mol. The Balaban J connectivity index is 1.73. The fourth-order valence-corrected chi connectivity index (χ4v) is 2.65. The number of aryl methyl sites for hydroxylation is 1. The molecule has 0 radical (unpaired) electrons. The second-order valence-electron chi connectivity index (χ2n) is 6.48. The molecule has 0 fully saturated rings. The standard InChI is InChI=1S/C20H20N6O3/c1-13-21-18(12-19(22-13)25(2)3)23-14-8-10-15(11-9-14)24-20(27)16-6-4-5-7-17(16)26(28)29/h4-12H,1-3H3,(H,24,27)(H,21,22,23). The van der Waals surface area contributed by atoms with Crippen LogP contribution in [0.2, 0.25) is 0 Å². The summed E-state index contributed by atoms with van der Waals surface area (Å²) in [4.78, 5) is 33.5. The molecule has 0 unspecified atom stereocenters. The minimum atomic E-state index is -0.576. The Bertz CT molecular complexity index is 1050. The molecule has 0 saturated carbocycles. The first-order chi connectivity index (χ1) is 13.8. The molecule has 1 amide bonds. The fraction of sp³-hybridized carbons (Fsp3) is 0.150. The minimum Gasteiger partial charge on any atom is -0.363 e. The summed E-state index contributed by atoms with van der Waals surface area (Å²) in [5.41, 5.74) is 1.06. The third-order valence-electron chi connectivity index (χ3n) is 4.04. The van der Waals surface area contributed by atoms with Crippen LogP contribution in [-0.4, -0.2) is 34.9 Å². The maximum atomic E-state index is 12.4. The lowest BCUT2D eigenvalue weighted by Crippen LogP contribution is -2.14. The van der Waals surface area contributed by atoms with Crippen molar-refractivity contribution in [2.24, 2.45) is 0 Å². The predicted octanol–water partition coefficient (Wildman–Crippen LogP) is 3.76. The van der Waals surface area contributed by atoms with Crippen LogP contribution < -0.4 is 15.5 Å². The second kappa shape index (κ2) is 8.34. The molecule has 29 heavy (non-hydrogen) atoms. The van der Waals surface area contributed by atoms with Crippen molar-refractivity contribution in [1.29, 1.82) is 0 Å². The third-order valence-corrected chi connectivity index (χ3v) is 4.04. The lowest BCUT2D eigenvalue weighted by Gasteiger charge is -2.14. The van der Waals surface area contributed by atoms with Crippen LogP contribution in [0.25, 0.3) is 0 Å². The highest BCUT2D eigenvalue weighted by atomic mass is 16.6. The van der Waals surface area contributed by atoms with Gasteiger partial charge in [0.05, 0.1) is 4.92 Å². The van der Waals surface area contributed by atoms with Crippen LogP contribution in [-0.2, 0) is 0 Å². The van der Waals surface area contributed by atoms with Crippen LogP contribution in [0.5, 0.6) is 0 Å². The van der Waals surface area contributed by atoms with Crippen molar-refractivity contribution >= 4 is 34.6 Å². The first-order valence-corrected chi connectivity index (χ1v) is 8.78. The van der Waals surface area contributed by atoms with Crippen LogP contribution >= 0.6 is 0 Å². The topological polar surface area (TPSA) is 113 Å². The zero-order chi connectivity index (χ0) is 21.0. The molecule has 3 rings (SSSR count). The van der Waals surface area contributed by atoms with E-state index < -0.39 is 10.8 Å². The molecule has 1 heterocycles. The fourth-order valence-electron chi connectivity index (χ4n) is 2.65. The van der Waals surface area contributed by atoms with Gasteiger partial charge in [0.25, 0.3) is 11.6 Å². The molecule has 0 saturated heterocycles. The van der Waals surface area contributed by atoms with Gasteiger partial charge in [-0.1, -0.05) is 12.1 Å². The van der Waals surface area contributed by atoms with Gasteiger partial charge < -0.3 is 15.5 Å². The predicted molar refractivity (Wildman–Crippen MR) is 112 cm³/mol. The van der Waals surface area contributed by atoms with Crippen molar-refractivity contribution in [2.45, 2.75) is 6.92 Å². The maximum Gasteiger partial charge on any atom is 0.282 e. The summed E-state index contributed by atoms with van der Waals surface area (Å²) < 4.78 is 0. The van der Waals surface area contributed by atoms with Crippen molar-refractivity contribution in [2.75, 3.05) is 29.6 Å². The Morgan fingerprint density at radius 2 is 1.69 bits per heavy atom. The van der Waals surface area contributed by atoms with E-state index in [4.69, 9.17) is 0 Å². The lowest BCUT2D eigenvalue weighted by atomic mass is 10.1. The molecule has 9 heteroatoms. The molecule has 0 atom stereocenters. The Hall–Kier alpha value is -4.01. The Morgan fingerprint density at radius 1 is 1.03 bits per heavy atom. The quantitative estimate of drug-likeness (QED) is 0.485. The molecule has 0 aliphatic heterocycles. The van der Waals surface area contributed by atoms with Crippen molar-refractivity contribution in [3.05, 3.63) is 76.1 Å². The molecule has 0 aliphatic carbocycles. The Kier molecular flexibility index (Phi) is 5.68. The summed E-state index contributed by atoms with van der Waals surface area (Å²) in [6.45, 7) is 1.82. The molecule has 0 bridgehead atoms. The summed E-state index contributed by atoms with van der Waals surface area (Å²) in [5, 5.41) is 17.0. The highest BCUT2D eigenvalue weighted by Crippen LogP contribution is 2.22. The molecule has 2 aromatic carbocycles. The van der Waals surface area contributed by atoms with Gasteiger partial charge in [0.15, 0.2) is 0 Å². The maximum absolute atomic E-state index is 12.4. The number of hydrogen-bond acceptors (Lipinski definition) is 7. The average Bonchev–Trinajstić information content (AvgIpc) is 2.69. The van der Waals surface area contributed by atoms with Crippen LogP contribution in [0, 0.1) is 17.0 Å². The Morgan fingerprint density at radius 3 is 2.34 bits per heavy atom. The van der Waals surface area contributed by atoms with Gasteiger partial charge in [0.2, 0.25) is 0 Å². The molecule has 0 aliphatic rings. The lowest BCUT2D eigenvalue weighted by molar-refractivity contribution is -0.385. The number of nitrogens with zero attached hydrogens (tertiary/aromatic N) is 4. The largest absolute Gasteiger partial charge is 0.363 e. The summed E-state index contributed by atoms with van der Waals surface area (Å²) in [5.74, 6) is 1.54. The highest BCUT2D eigenvalue weighted by Gasteiger charge is 2.19. The molecule has 1 aromatic heterocycles. The van der Waals surface area contributed by atoms with E-state index in [9.17, 15) is 14.9 Å². The second-order valence-corrected chi connectivity index (χ2v) is 6.48. The number of para-hydroxylation sites is 1. The van der Waals surface area contributed by atoms with Gasteiger partial charge in [-0.15, -0.1) is 0 Å². The molecule has 3 aromatic rings. The molecular formula is C20H20N6O3. The number of carbonyl (C=O) groups is 1. The van der Waals surface area contributed by atoms with Crippen LogP contribution in [0.4, 0.5) is 28.7 Å². The van der Waals surface area contributed by atoms with Gasteiger partial charge in [-0.25, -0.2) is 9.97 Å². The molecular weight excluding hydrogens is 372 g/mol. The third kappa shape index (κ3) is 4.83. The summed E-state index contributed by atoms with van der Waals surface area (Å²) >= 11 is 0. The first-order valence-electron chi connectivity index (χ1n) is 8.78. The summed E-state index contributed by atoms with van der Waals surface area (Å²) in [6.07, 6.45) is 0. The van der Waals surface area contributed by atoms with Crippen molar-refractivity contribution in [3.63, 3.8) is 0 Å². The van der Waals surface area contributed by atoms with Gasteiger partial charge in [-0.3, -0.25) is 14.9 Å². The number of rotatable bonds is 6. The Labute approximate surface area is 167 Å². The van der Waals surface area contributed by atoms with Crippen molar-refractivity contribution in [3.8, 4) is 0 Å². The number of nitro groups is 1. The minimum absolute atomic E-state index is 0.00683. The number of aromatic nitrogens is 2. The highest BCUT2D eigenvalue weighted by molar-refractivity contribution is 6.07. The van der Waals surface area contributed by atoms with Gasteiger partial charge in [-0.2, -0.15) is 0 Å². The van der Waals surface area contributed by atoms with E-state index in [-0.39, 0.29) is 11.3 Å². The van der Waals surface area contributed by atoms with E-state index in [1.165, 1.54) is 18.2 Å². The molecule has 2 N–H and O–H groups in total. The SMILES string of the molecule is Cc1nc(Nc2ccc(NC(=O)c3ccccc3[N+](=O)[O-])cc2)cc(N(C)C)n1. The number of anilines is 4. The normalized spacial score (nSPS) is 10.3. The van der Waals surface area contributed by atoms with Crippen molar-refractivity contribution < 1.29 is 9.72 Å². The van der Waals surface area contributed by atoms with Gasteiger partial charge in [0.1, 0.15) is 23.0 Å². The summed E-state index contributed by atoms with van der Waals surface area (Å²) in [7, 11) is 3.81. The number of amides is 1. The van der Waals surface area contributed by atoms with E-state index >= 15 is 0 Å². The van der Waals surface area contributed by atoms with Crippen molar-refractivity contribution in [1.82, 2.24) is 9.97 Å². The van der Waals surface area contributed by atoms with E-state index in [1.54, 1.807) is 30.3 Å². The van der Waals surface area contributed by atoms with E-state index in [0.717, 1.165) is 11.5 Å². The molecule has 9 nitrogen and oxygen atoms in total. The van der Waals surface area contributed by atoms with Crippen LogP contribution in [0.3, 0.4) is 0 Å². The van der Waals surface area contributed by atoms with Gasteiger partial charge in [0, 0.05) is 37.6 Å². The van der Waals surface area contributed by atoms with Gasteiger partial charge in [-0.05, 0) is 37.3 Å². The number of hydrogen-bond donors (Lipinski definition) is 2. The van der Waals surface area contributed by atoms with E-state index in [2.05, 4.69) is 20.6 Å². The van der Waals surface area contributed by atoms with Crippen LogP contribution in [0.1, 0.15) is 16.2 Å². The zero-order valence-electron chi connectivity index (χ0n) is 16.2. The number of nitrogens with one attached hydrogen (secondary N) is 2. The molecule has 0 spiro atoms. The molecule has 148 valence electrons. The zero-order valence-corrected chi connectivity index (χ0v) is 16.2. The summed E-state index contributed by atoms with van der Waals surface area (Å²) in [6, 6.07) is 14.6. The smallest absolute Gasteiger partial charge is 0.282 e. The number of carbonyl (C=O) groups excluding carboxylic acids is 1. The van der Waals surface area contributed by atoms with E-state index in [1.807, 2.05) is 32.0 Å². The first kappa shape index (κ1) is 19.7. The number of benzene rings is 2.